The van der Waals surface area contributed by atoms with Crippen LogP contribution >= 0.6 is 0 Å². The number of carbonyl (C=O) groups excluding carboxylic acids is 2. The lowest BCUT2D eigenvalue weighted by Gasteiger charge is -2.23. The van der Waals surface area contributed by atoms with Crippen LogP contribution in [0.2, 0.25) is 0 Å². The highest BCUT2D eigenvalue weighted by Crippen LogP contribution is 2.23. The Bertz CT molecular complexity index is 760. The van der Waals surface area contributed by atoms with E-state index in [0.717, 1.165) is 11.3 Å². The summed E-state index contributed by atoms with van der Waals surface area (Å²) in [7, 11) is 0. The summed E-state index contributed by atoms with van der Waals surface area (Å²) in [4.78, 5) is 25.5. The van der Waals surface area contributed by atoms with Crippen molar-refractivity contribution in [3.63, 3.8) is 0 Å². The number of nitrogens with one attached hydrogen (secondary N) is 2. The van der Waals surface area contributed by atoms with E-state index in [4.69, 9.17) is 4.74 Å². The highest BCUT2D eigenvalue weighted by molar-refractivity contribution is 5.91. The van der Waals surface area contributed by atoms with Crippen molar-refractivity contribution in [2.75, 3.05) is 23.4 Å². The van der Waals surface area contributed by atoms with E-state index in [1.807, 2.05) is 30.3 Å². The number of amides is 3. The van der Waals surface area contributed by atoms with Crippen LogP contribution in [0.4, 0.5) is 21.0 Å². The van der Waals surface area contributed by atoms with Gasteiger partial charge in [-0.1, -0.05) is 44.2 Å². The molecule has 0 spiro atoms. The Morgan fingerprint density at radius 2 is 1.77 bits per heavy atom. The zero-order chi connectivity index (χ0) is 18.5. The van der Waals surface area contributed by atoms with Gasteiger partial charge in [-0.25, -0.2) is 9.59 Å². The summed E-state index contributed by atoms with van der Waals surface area (Å²) in [5.74, 6) is 0.256. The minimum Gasteiger partial charge on any atom is -0.447 e. The Kier molecular flexibility index (Phi) is 5.41. The van der Waals surface area contributed by atoms with Crippen molar-refractivity contribution < 1.29 is 14.3 Å². The molecule has 6 nitrogen and oxygen atoms in total. The highest BCUT2D eigenvalue weighted by Gasteiger charge is 2.23. The van der Waals surface area contributed by atoms with Gasteiger partial charge < -0.3 is 15.4 Å². The molecule has 0 bridgehead atoms. The van der Waals surface area contributed by atoms with Gasteiger partial charge in [-0.15, -0.1) is 0 Å². The molecule has 1 aliphatic heterocycles. The summed E-state index contributed by atoms with van der Waals surface area (Å²) >= 11 is 0. The van der Waals surface area contributed by atoms with Gasteiger partial charge in [0.1, 0.15) is 6.61 Å². The molecule has 26 heavy (non-hydrogen) atoms. The third-order valence-corrected chi connectivity index (χ3v) is 4.31. The number of ether oxygens (including phenoxy) is 1. The summed E-state index contributed by atoms with van der Waals surface area (Å²) in [5.41, 5.74) is 2.48. The molecule has 1 fully saturated rings. The van der Waals surface area contributed by atoms with E-state index in [2.05, 4.69) is 24.5 Å². The van der Waals surface area contributed by atoms with E-state index in [1.54, 1.807) is 29.2 Å². The van der Waals surface area contributed by atoms with Gasteiger partial charge in [-0.2, -0.15) is 0 Å². The van der Waals surface area contributed by atoms with Crippen LogP contribution in [-0.4, -0.2) is 25.3 Å². The number of rotatable bonds is 5. The van der Waals surface area contributed by atoms with Crippen LogP contribution in [0.15, 0.2) is 54.6 Å². The number of carbonyl (C=O) groups is 2. The van der Waals surface area contributed by atoms with Crippen molar-refractivity contribution >= 4 is 23.5 Å². The molecule has 2 aromatic carbocycles. The molecule has 0 aliphatic carbocycles. The van der Waals surface area contributed by atoms with Crippen LogP contribution in [0, 0.1) is 5.92 Å². The number of benzene rings is 2. The third kappa shape index (κ3) is 4.14. The smallest absolute Gasteiger partial charge is 0.414 e. The molecule has 6 heteroatoms. The Morgan fingerprint density at radius 1 is 1.08 bits per heavy atom. The van der Waals surface area contributed by atoms with Gasteiger partial charge in [0.05, 0.1) is 12.6 Å². The Hall–Kier alpha value is -3.02. The number of hydrogen-bond donors (Lipinski definition) is 2. The molecule has 1 saturated heterocycles. The second kappa shape index (κ2) is 7.91. The lowest BCUT2D eigenvalue weighted by Crippen LogP contribution is -2.35. The van der Waals surface area contributed by atoms with E-state index in [9.17, 15) is 9.59 Å². The maximum absolute atomic E-state index is 12.4. The molecular weight excluding hydrogens is 330 g/mol. The van der Waals surface area contributed by atoms with Gasteiger partial charge in [0.25, 0.3) is 0 Å². The van der Waals surface area contributed by atoms with Crippen molar-refractivity contribution in [2.45, 2.75) is 19.9 Å². The molecule has 1 aliphatic rings. The van der Waals surface area contributed by atoms with Crippen LogP contribution in [0.1, 0.15) is 25.5 Å². The number of urea groups is 1. The molecule has 2 N–H and O–H groups in total. The molecule has 1 heterocycles. The first-order chi connectivity index (χ1) is 12.5. The summed E-state index contributed by atoms with van der Waals surface area (Å²) < 4.78 is 4.93. The van der Waals surface area contributed by atoms with Crippen molar-refractivity contribution in [3.05, 3.63) is 60.2 Å². The summed E-state index contributed by atoms with van der Waals surface area (Å²) in [6.45, 7) is 5.08. The molecule has 136 valence electrons. The van der Waals surface area contributed by atoms with E-state index in [-0.39, 0.29) is 24.1 Å². The fourth-order valence-electron chi connectivity index (χ4n) is 2.96. The largest absolute Gasteiger partial charge is 0.447 e. The fraction of sp³-hybridized carbons (Fsp3) is 0.300. The van der Waals surface area contributed by atoms with E-state index >= 15 is 0 Å². The topological polar surface area (TPSA) is 70.7 Å². The quantitative estimate of drug-likeness (QED) is 0.848. The Labute approximate surface area is 153 Å². The molecule has 0 radical (unpaired) electrons. The molecule has 1 atom stereocenters. The van der Waals surface area contributed by atoms with Crippen molar-refractivity contribution in [2.24, 2.45) is 5.92 Å². The van der Waals surface area contributed by atoms with E-state index in [1.165, 1.54) is 0 Å². The van der Waals surface area contributed by atoms with Crippen LogP contribution in [0.3, 0.4) is 0 Å². The lowest BCUT2D eigenvalue weighted by atomic mass is 9.96. The van der Waals surface area contributed by atoms with Crippen LogP contribution in [0.25, 0.3) is 0 Å². The molecule has 1 unspecified atom stereocenters. The predicted octanol–water partition coefficient (Wildman–Crippen LogP) is 4.16. The van der Waals surface area contributed by atoms with Gasteiger partial charge in [-0.3, -0.25) is 4.90 Å². The van der Waals surface area contributed by atoms with Crippen molar-refractivity contribution in [1.29, 1.82) is 0 Å². The number of hydrogen-bond acceptors (Lipinski definition) is 3. The molecular formula is C20H23N3O3. The second-order valence-electron chi connectivity index (χ2n) is 6.54. The van der Waals surface area contributed by atoms with Gasteiger partial charge >= 0.3 is 12.1 Å². The standard InChI is InChI=1S/C20H23N3O3/c1-14(2)18(15-6-4-3-5-7-15)22-19(24)21-16-8-10-17(11-9-16)23-12-13-26-20(23)25/h3-11,14,18H,12-13H2,1-2H3,(H2,21,22,24). The first-order valence-corrected chi connectivity index (χ1v) is 8.71. The monoisotopic (exact) mass is 353 g/mol. The summed E-state index contributed by atoms with van der Waals surface area (Å²) in [6.07, 6.45) is -0.342. The average Bonchev–Trinajstić information content (AvgIpc) is 3.07. The van der Waals surface area contributed by atoms with Gasteiger partial charge in [-0.05, 0) is 35.7 Å². The first-order valence-electron chi connectivity index (χ1n) is 8.71. The van der Waals surface area contributed by atoms with E-state index < -0.39 is 0 Å². The predicted molar refractivity (Wildman–Crippen MR) is 101 cm³/mol. The summed E-state index contributed by atoms with van der Waals surface area (Å²) in [6, 6.07) is 16.7. The van der Waals surface area contributed by atoms with Crippen LogP contribution < -0.4 is 15.5 Å². The minimum absolute atomic E-state index is 0.0742. The van der Waals surface area contributed by atoms with Gasteiger partial charge in [0.15, 0.2) is 0 Å². The summed E-state index contributed by atoms with van der Waals surface area (Å²) in [5, 5.41) is 5.86. The minimum atomic E-state index is -0.342. The maximum atomic E-state index is 12.4. The SMILES string of the molecule is CC(C)C(NC(=O)Nc1ccc(N2CCOC2=O)cc1)c1ccccc1. The van der Waals surface area contributed by atoms with E-state index in [0.29, 0.717) is 18.8 Å². The lowest BCUT2D eigenvalue weighted by molar-refractivity contribution is 0.181. The Morgan fingerprint density at radius 3 is 2.35 bits per heavy atom. The number of cyclic esters (lactones) is 1. The van der Waals surface area contributed by atoms with Crippen molar-refractivity contribution in [3.8, 4) is 0 Å². The molecule has 0 saturated carbocycles. The first kappa shape index (κ1) is 17.8. The van der Waals surface area contributed by atoms with Crippen LogP contribution in [-0.2, 0) is 4.74 Å². The van der Waals surface area contributed by atoms with Gasteiger partial charge in [0, 0.05) is 11.4 Å². The fourth-order valence-corrected chi connectivity index (χ4v) is 2.96. The number of nitrogens with zero attached hydrogens (tertiary/aromatic N) is 1. The Balaban J connectivity index is 1.63. The molecule has 0 aromatic heterocycles. The van der Waals surface area contributed by atoms with Crippen LogP contribution in [0.5, 0.6) is 0 Å². The zero-order valence-corrected chi connectivity index (χ0v) is 14.9. The van der Waals surface area contributed by atoms with Gasteiger partial charge in [0.2, 0.25) is 0 Å². The molecule has 3 rings (SSSR count). The zero-order valence-electron chi connectivity index (χ0n) is 14.9. The normalized spacial score (nSPS) is 14.9. The third-order valence-electron chi connectivity index (χ3n) is 4.31. The highest BCUT2D eigenvalue weighted by atomic mass is 16.6. The number of anilines is 2. The average molecular weight is 353 g/mol. The second-order valence-corrected chi connectivity index (χ2v) is 6.54. The molecule has 3 amide bonds. The maximum Gasteiger partial charge on any atom is 0.414 e. The van der Waals surface area contributed by atoms with Crippen molar-refractivity contribution in [1.82, 2.24) is 5.32 Å². The molecule has 2 aromatic rings.